The number of nitrogens with two attached hydrogens (primary N) is 1. The molecule has 0 radical (unpaired) electrons. The second-order valence-electron chi connectivity index (χ2n) is 4.31. The predicted molar refractivity (Wildman–Crippen MR) is 71.4 cm³/mol. The molecule has 0 saturated heterocycles. The second kappa shape index (κ2) is 9.77. The Labute approximate surface area is 117 Å². The van der Waals surface area contributed by atoms with Crippen LogP contribution in [0.15, 0.2) is 18.2 Å². The predicted octanol–water partition coefficient (Wildman–Crippen LogP) is 2.03. The SMILES string of the molecule is COCCCOCCOCC(N)c1ccc(F)cc1F. The van der Waals surface area contributed by atoms with Gasteiger partial charge in [-0.15, -0.1) is 0 Å². The lowest BCUT2D eigenvalue weighted by Gasteiger charge is -2.13. The zero-order valence-corrected chi connectivity index (χ0v) is 11.6. The van der Waals surface area contributed by atoms with Gasteiger partial charge in [-0.05, 0) is 12.5 Å². The molecule has 1 atom stereocenters. The van der Waals surface area contributed by atoms with E-state index in [1.54, 1.807) is 7.11 Å². The molecule has 0 spiro atoms. The molecule has 4 nitrogen and oxygen atoms in total. The smallest absolute Gasteiger partial charge is 0.130 e. The van der Waals surface area contributed by atoms with Crippen LogP contribution >= 0.6 is 0 Å². The highest BCUT2D eigenvalue weighted by Crippen LogP contribution is 2.16. The quantitative estimate of drug-likeness (QED) is 0.670. The number of ether oxygens (including phenoxy) is 3. The average Bonchev–Trinajstić information content (AvgIpc) is 2.41. The van der Waals surface area contributed by atoms with Gasteiger partial charge < -0.3 is 19.9 Å². The summed E-state index contributed by atoms with van der Waals surface area (Å²) in [7, 11) is 1.64. The maximum atomic E-state index is 13.4. The molecule has 1 unspecified atom stereocenters. The summed E-state index contributed by atoms with van der Waals surface area (Å²) in [5, 5.41) is 0. The Kier molecular flexibility index (Phi) is 8.29. The summed E-state index contributed by atoms with van der Waals surface area (Å²) < 4.78 is 41.7. The fourth-order valence-electron chi connectivity index (χ4n) is 1.63. The Morgan fingerprint density at radius 1 is 1.10 bits per heavy atom. The molecule has 1 aromatic rings. The van der Waals surface area contributed by atoms with Crippen molar-refractivity contribution >= 4 is 0 Å². The molecule has 114 valence electrons. The zero-order chi connectivity index (χ0) is 14.8. The highest BCUT2D eigenvalue weighted by atomic mass is 19.1. The van der Waals surface area contributed by atoms with Crippen LogP contribution in [0.25, 0.3) is 0 Å². The fourth-order valence-corrected chi connectivity index (χ4v) is 1.63. The van der Waals surface area contributed by atoms with Gasteiger partial charge in [0.1, 0.15) is 11.6 Å². The van der Waals surface area contributed by atoms with Crippen molar-refractivity contribution in [3.05, 3.63) is 35.4 Å². The van der Waals surface area contributed by atoms with Crippen molar-refractivity contribution in [2.45, 2.75) is 12.5 Å². The van der Waals surface area contributed by atoms with Gasteiger partial charge in [-0.2, -0.15) is 0 Å². The van der Waals surface area contributed by atoms with Gasteiger partial charge in [-0.25, -0.2) is 8.78 Å². The first-order chi connectivity index (χ1) is 9.65. The molecule has 2 N–H and O–H groups in total. The summed E-state index contributed by atoms with van der Waals surface area (Å²) >= 11 is 0. The molecular formula is C14H21F2NO3. The summed E-state index contributed by atoms with van der Waals surface area (Å²) in [4.78, 5) is 0. The average molecular weight is 289 g/mol. The number of benzene rings is 1. The largest absolute Gasteiger partial charge is 0.385 e. The molecule has 0 fully saturated rings. The van der Waals surface area contributed by atoms with E-state index in [-0.39, 0.29) is 12.2 Å². The summed E-state index contributed by atoms with van der Waals surface area (Å²) in [6, 6.07) is 2.70. The molecule has 0 bridgehead atoms. The Balaban J connectivity index is 2.15. The highest BCUT2D eigenvalue weighted by molar-refractivity contribution is 5.21. The van der Waals surface area contributed by atoms with Gasteiger partial charge in [0.25, 0.3) is 0 Å². The number of rotatable bonds is 10. The first-order valence-electron chi connectivity index (χ1n) is 6.50. The van der Waals surface area contributed by atoms with E-state index in [0.717, 1.165) is 12.5 Å². The van der Waals surface area contributed by atoms with Crippen molar-refractivity contribution in [1.29, 1.82) is 0 Å². The second-order valence-corrected chi connectivity index (χ2v) is 4.31. The number of hydrogen-bond donors (Lipinski definition) is 1. The molecule has 0 aliphatic heterocycles. The molecule has 20 heavy (non-hydrogen) atoms. The third kappa shape index (κ3) is 6.38. The van der Waals surface area contributed by atoms with E-state index in [0.29, 0.717) is 26.4 Å². The van der Waals surface area contributed by atoms with E-state index in [4.69, 9.17) is 19.9 Å². The molecule has 6 heteroatoms. The third-order valence-corrected chi connectivity index (χ3v) is 2.67. The summed E-state index contributed by atoms with van der Waals surface area (Å²) in [6.45, 7) is 2.25. The van der Waals surface area contributed by atoms with Crippen molar-refractivity contribution in [3.63, 3.8) is 0 Å². The Hall–Kier alpha value is -1.08. The maximum Gasteiger partial charge on any atom is 0.130 e. The topological polar surface area (TPSA) is 53.7 Å². The first kappa shape index (κ1) is 17.0. The molecule has 0 saturated carbocycles. The molecule has 1 aromatic carbocycles. The van der Waals surface area contributed by atoms with Gasteiger partial charge in [0, 0.05) is 32.0 Å². The van der Waals surface area contributed by atoms with Crippen molar-refractivity contribution in [1.82, 2.24) is 0 Å². The number of halogens is 2. The Bertz CT molecular complexity index is 391. The van der Waals surface area contributed by atoms with Crippen LogP contribution in [0.2, 0.25) is 0 Å². The zero-order valence-electron chi connectivity index (χ0n) is 11.6. The van der Waals surface area contributed by atoms with Gasteiger partial charge in [0.05, 0.1) is 25.9 Å². The van der Waals surface area contributed by atoms with Crippen LogP contribution in [-0.4, -0.2) is 40.1 Å². The standard InChI is InChI=1S/C14H21F2NO3/c1-18-5-2-6-19-7-8-20-10-14(17)12-4-3-11(15)9-13(12)16/h3-4,9,14H,2,5-8,10,17H2,1H3. The Morgan fingerprint density at radius 2 is 1.85 bits per heavy atom. The van der Waals surface area contributed by atoms with E-state index in [2.05, 4.69) is 0 Å². The van der Waals surface area contributed by atoms with Crippen molar-refractivity contribution in [2.24, 2.45) is 5.73 Å². The molecule has 1 rings (SSSR count). The van der Waals surface area contributed by atoms with Crippen molar-refractivity contribution in [2.75, 3.05) is 40.1 Å². The van der Waals surface area contributed by atoms with E-state index in [1.807, 2.05) is 0 Å². The van der Waals surface area contributed by atoms with E-state index in [9.17, 15) is 8.78 Å². The lowest BCUT2D eigenvalue weighted by atomic mass is 10.1. The third-order valence-electron chi connectivity index (χ3n) is 2.67. The lowest BCUT2D eigenvalue weighted by Crippen LogP contribution is -2.20. The molecule has 0 aliphatic carbocycles. The fraction of sp³-hybridized carbons (Fsp3) is 0.571. The van der Waals surface area contributed by atoms with Crippen molar-refractivity contribution in [3.8, 4) is 0 Å². The minimum atomic E-state index is -0.656. The number of hydrogen-bond acceptors (Lipinski definition) is 4. The van der Waals surface area contributed by atoms with Crippen LogP contribution < -0.4 is 5.73 Å². The van der Waals surface area contributed by atoms with Crippen LogP contribution in [0.3, 0.4) is 0 Å². The number of methoxy groups -OCH3 is 1. The van der Waals surface area contributed by atoms with Gasteiger partial charge in [0.2, 0.25) is 0 Å². The van der Waals surface area contributed by atoms with Gasteiger partial charge in [-0.1, -0.05) is 6.07 Å². The van der Waals surface area contributed by atoms with E-state index in [1.165, 1.54) is 12.1 Å². The van der Waals surface area contributed by atoms with Gasteiger partial charge in [-0.3, -0.25) is 0 Å². The van der Waals surface area contributed by atoms with Gasteiger partial charge >= 0.3 is 0 Å². The van der Waals surface area contributed by atoms with E-state index >= 15 is 0 Å². The molecule has 0 aromatic heterocycles. The highest BCUT2D eigenvalue weighted by Gasteiger charge is 2.12. The summed E-state index contributed by atoms with van der Waals surface area (Å²) in [5.74, 6) is -1.28. The molecule has 0 aliphatic rings. The van der Waals surface area contributed by atoms with Crippen molar-refractivity contribution < 1.29 is 23.0 Å². The van der Waals surface area contributed by atoms with Crippen LogP contribution in [0.5, 0.6) is 0 Å². The Morgan fingerprint density at radius 3 is 2.55 bits per heavy atom. The minimum Gasteiger partial charge on any atom is -0.385 e. The summed E-state index contributed by atoms with van der Waals surface area (Å²) in [5.41, 5.74) is 6.02. The first-order valence-corrected chi connectivity index (χ1v) is 6.50. The van der Waals surface area contributed by atoms with E-state index < -0.39 is 17.7 Å². The van der Waals surface area contributed by atoms with Crippen LogP contribution in [-0.2, 0) is 14.2 Å². The minimum absolute atomic E-state index is 0.157. The van der Waals surface area contributed by atoms with Crippen LogP contribution in [0.4, 0.5) is 8.78 Å². The lowest BCUT2D eigenvalue weighted by molar-refractivity contribution is 0.0353. The summed E-state index contributed by atoms with van der Waals surface area (Å²) in [6.07, 6.45) is 0.830. The van der Waals surface area contributed by atoms with Crippen LogP contribution in [0, 0.1) is 11.6 Å². The molecule has 0 amide bonds. The maximum absolute atomic E-state index is 13.4. The normalized spacial score (nSPS) is 12.6. The van der Waals surface area contributed by atoms with Gasteiger partial charge in [0.15, 0.2) is 0 Å². The monoisotopic (exact) mass is 289 g/mol. The molecular weight excluding hydrogens is 268 g/mol. The van der Waals surface area contributed by atoms with Crippen LogP contribution in [0.1, 0.15) is 18.0 Å². The molecule has 0 heterocycles.